The standard InChI is InChI=1S/C30H32OS2Si2.C27H24OS2Si.HI.H2/c1-21-17-22-19-27(25-10-14-33-30(25)12-16-35(6,7)8)28(31-2)20-23(22)18-26(21)24-9-13-32-29(24)11-15-34(3,4)5;1-7-26-21(8-11-29-26)23-15-20-17-25(28-3)24(16-19(20)14-18(23)2)22-9-12-30-27(22)10-13-31(4,5)6;;/h9-10,13-14,17-20H,1-8H3;1,8-9,11-12,14-17H,2-6H3;2*1H. The zero-order valence-electron chi connectivity index (χ0n) is 40.7. The molecule has 2 nitrogen and oxygen atoms in total. The third kappa shape index (κ3) is 12.6. The number of thiophene rings is 4. The number of hydrogen-bond donors (Lipinski definition) is 0. The van der Waals surface area contributed by atoms with E-state index < -0.39 is 24.2 Å². The molecule has 4 aromatic heterocycles. The molecule has 4 aromatic carbocycles. The lowest BCUT2D eigenvalue weighted by Gasteiger charge is -2.13. The van der Waals surface area contributed by atoms with Gasteiger partial charge in [0.25, 0.3) is 0 Å². The van der Waals surface area contributed by atoms with Crippen molar-refractivity contribution in [2.75, 3.05) is 14.2 Å². The molecule has 10 heteroatoms. The van der Waals surface area contributed by atoms with Gasteiger partial charge < -0.3 is 9.47 Å². The normalized spacial score (nSPS) is 11.2. The van der Waals surface area contributed by atoms with Crippen molar-refractivity contribution >= 4 is 115 Å². The van der Waals surface area contributed by atoms with Crippen molar-refractivity contribution in [2.24, 2.45) is 0 Å². The van der Waals surface area contributed by atoms with Crippen molar-refractivity contribution in [3.05, 3.63) is 125 Å². The van der Waals surface area contributed by atoms with Gasteiger partial charge >= 0.3 is 0 Å². The number of terminal acetylenes is 1. The van der Waals surface area contributed by atoms with E-state index in [1.807, 2.05) is 0 Å². The Morgan fingerprint density at radius 1 is 0.418 bits per heavy atom. The first-order valence-electron chi connectivity index (χ1n) is 21.9. The van der Waals surface area contributed by atoms with Gasteiger partial charge in [0.2, 0.25) is 0 Å². The summed E-state index contributed by atoms with van der Waals surface area (Å²) in [5.41, 5.74) is 22.3. The average Bonchev–Trinajstić information content (AvgIpc) is 4.10. The van der Waals surface area contributed by atoms with E-state index in [1.54, 1.807) is 59.6 Å². The number of hydrogen-bond acceptors (Lipinski definition) is 6. The van der Waals surface area contributed by atoms with Gasteiger partial charge in [-0.15, -0.1) is 92.4 Å². The highest BCUT2D eigenvalue weighted by Crippen LogP contribution is 2.42. The predicted molar refractivity (Wildman–Crippen MR) is 320 cm³/mol. The summed E-state index contributed by atoms with van der Waals surface area (Å²) in [6.07, 6.45) is 5.71. The number of fused-ring (bicyclic) bond motifs is 2. The van der Waals surface area contributed by atoms with Gasteiger partial charge in [0.1, 0.15) is 35.7 Å². The van der Waals surface area contributed by atoms with Crippen LogP contribution < -0.4 is 9.47 Å². The van der Waals surface area contributed by atoms with Crippen LogP contribution in [0.3, 0.4) is 0 Å². The van der Waals surface area contributed by atoms with E-state index in [0.29, 0.717) is 0 Å². The minimum absolute atomic E-state index is 0. The van der Waals surface area contributed by atoms with Crippen LogP contribution in [0.4, 0.5) is 0 Å². The quantitative estimate of drug-likeness (QED) is 0.0938. The molecule has 0 amide bonds. The molecule has 8 rings (SSSR count). The molecule has 4 heterocycles. The topological polar surface area (TPSA) is 18.5 Å². The highest BCUT2D eigenvalue weighted by Gasteiger charge is 2.19. The van der Waals surface area contributed by atoms with Gasteiger partial charge in [0.05, 0.1) is 33.7 Å². The van der Waals surface area contributed by atoms with Gasteiger partial charge in [-0.25, -0.2) is 0 Å². The van der Waals surface area contributed by atoms with Crippen LogP contribution in [0, 0.1) is 60.6 Å². The summed E-state index contributed by atoms with van der Waals surface area (Å²) in [5.74, 6) is 14.9. The largest absolute Gasteiger partial charge is 0.496 e. The fraction of sp³-hybridized carbons (Fsp3) is 0.228. The zero-order valence-corrected chi connectivity index (χ0v) is 49.3. The Morgan fingerprint density at radius 3 is 1.01 bits per heavy atom. The van der Waals surface area contributed by atoms with Crippen LogP contribution in [0.2, 0.25) is 58.9 Å². The molecule has 0 atom stereocenters. The van der Waals surface area contributed by atoms with Crippen molar-refractivity contribution in [3.8, 4) is 103 Å². The number of aryl methyl sites for hydroxylation is 2. The van der Waals surface area contributed by atoms with Crippen molar-refractivity contribution in [3.63, 3.8) is 0 Å². The van der Waals surface area contributed by atoms with Crippen LogP contribution in [0.25, 0.3) is 66.1 Å². The van der Waals surface area contributed by atoms with Crippen molar-refractivity contribution in [1.29, 1.82) is 0 Å². The first-order chi connectivity index (χ1) is 31.3. The highest BCUT2D eigenvalue weighted by atomic mass is 127. The lowest BCUT2D eigenvalue weighted by Crippen LogP contribution is -2.16. The second kappa shape index (κ2) is 21.4. The molecular formula is C57H59IO2S4Si3. The summed E-state index contributed by atoms with van der Waals surface area (Å²) in [4.78, 5) is 4.34. The van der Waals surface area contributed by atoms with Crippen molar-refractivity contribution in [2.45, 2.75) is 72.8 Å². The SMILES string of the molecule is C#Cc1sccc1-c1cc2cc(OC)c(-c3ccsc3C#C[Si](C)(C)C)cc2cc1C.COc1cc2cc(-c3ccsc3C#C[Si](C)(C)C)c(C)cc2cc1-c1ccsc1C#C[Si](C)(C)C.I.[HH]. The number of halogens is 1. The van der Waals surface area contributed by atoms with E-state index in [9.17, 15) is 0 Å². The third-order valence-electron chi connectivity index (χ3n) is 10.6. The van der Waals surface area contributed by atoms with E-state index in [4.69, 9.17) is 15.9 Å². The number of rotatable bonds is 6. The summed E-state index contributed by atoms with van der Waals surface area (Å²) >= 11 is 6.73. The molecule has 0 unspecified atom stereocenters. The van der Waals surface area contributed by atoms with E-state index in [-0.39, 0.29) is 25.4 Å². The fourth-order valence-electron chi connectivity index (χ4n) is 7.44. The van der Waals surface area contributed by atoms with E-state index in [1.165, 1.54) is 44.0 Å². The van der Waals surface area contributed by atoms with Crippen molar-refractivity contribution in [1.82, 2.24) is 0 Å². The van der Waals surface area contributed by atoms with Crippen molar-refractivity contribution < 1.29 is 10.9 Å². The molecular weight excluding hydrogens is 1060 g/mol. The molecule has 0 N–H and O–H groups in total. The van der Waals surface area contributed by atoms with E-state index >= 15 is 0 Å². The Hall–Kier alpha value is -4.58. The summed E-state index contributed by atoms with van der Waals surface area (Å²) in [6.45, 7) is 24.8. The molecule has 0 saturated carbocycles. The van der Waals surface area contributed by atoms with Crippen LogP contribution >= 0.6 is 69.3 Å². The lowest BCUT2D eigenvalue weighted by molar-refractivity contribution is 0.417. The second-order valence-electron chi connectivity index (χ2n) is 19.4. The second-order valence-corrected chi connectivity index (χ2v) is 37.3. The van der Waals surface area contributed by atoms with Crippen LogP contribution in [-0.2, 0) is 0 Å². The predicted octanol–water partition coefficient (Wildman–Crippen LogP) is 17.8. The molecule has 0 aliphatic heterocycles. The molecule has 0 fully saturated rings. The fourth-order valence-corrected chi connectivity index (χ4v) is 12.2. The van der Waals surface area contributed by atoms with E-state index in [0.717, 1.165) is 64.2 Å². The highest BCUT2D eigenvalue weighted by molar-refractivity contribution is 14.0. The third-order valence-corrected chi connectivity index (χ3v) is 16.6. The molecule has 8 aromatic rings. The van der Waals surface area contributed by atoms with Gasteiger partial charge in [0.15, 0.2) is 0 Å². The number of benzene rings is 4. The molecule has 67 heavy (non-hydrogen) atoms. The monoisotopic (exact) mass is 1110 g/mol. The number of methoxy groups -OCH3 is 2. The van der Waals surface area contributed by atoms with Gasteiger partial charge in [-0.2, -0.15) is 0 Å². The Kier molecular flexibility index (Phi) is 16.5. The van der Waals surface area contributed by atoms with Crippen LogP contribution in [0.15, 0.2) is 94.3 Å². The summed E-state index contributed by atoms with van der Waals surface area (Å²) in [7, 11) is -0.862. The maximum atomic E-state index is 5.89. The van der Waals surface area contributed by atoms with Gasteiger partial charge in [-0.3, -0.25) is 0 Å². The zero-order chi connectivity index (χ0) is 47.6. The maximum Gasteiger partial charge on any atom is 0.129 e. The molecule has 0 radical (unpaired) electrons. The molecule has 0 saturated heterocycles. The Labute approximate surface area is 436 Å². The summed E-state index contributed by atoms with van der Waals surface area (Å²) in [6, 6.07) is 26.4. The van der Waals surface area contributed by atoms with Crippen LogP contribution in [-0.4, -0.2) is 38.4 Å². The summed E-state index contributed by atoms with van der Waals surface area (Å²) < 4.78 is 11.7. The van der Waals surface area contributed by atoms with Gasteiger partial charge in [-0.05, 0) is 140 Å². The Morgan fingerprint density at radius 2 is 0.701 bits per heavy atom. The Balaban J connectivity index is 0.000000248. The average molecular weight is 1120 g/mol. The van der Waals surface area contributed by atoms with Gasteiger partial charge in [0, 0.05) is 34.8 Å². The van der Waals surface area contributed by atoms with Gasteiger partial charge in [-0.1, -0.05) is 94.7 Å². The van der Waals surface area contributed by atoms with Crippen LogP contribution in [0.5, 0.6) is 11.5 Å². The minimum Gasteiger partial charge on any atom is -0.496 e. The maximum absolute atomic E-state index is 5.89. The van der Waals surface area contributed by atoms with Crippen LogP contribution in [0.1, 0.15) is 32.1 Å². The first kappa shape index (κ1) is 51.8. The molecule has 0 bridgehead atoms. The van der Waals surface area contributed by atoms with E-state index in [2.05, 4.69) is 207 Å². The minimum atomic E-state index is -1.46. The summed E-state index contributed by atoms with van der Waals surface area (Å²) in [5, 5.41) is 13.1. The Bertz CT molecular complexity index is 3370. The molecule has 0 aliphatic rings. The smallest absolute Gasteiger partial charge is 0.129 e. The molecule has 0 aliphatic carbocycles. The number of ether oxygens (including phenoxy) is 2. The molecule has 342 valence electrons. The lowest BCUT2D eigenvalue weighted by atomic mass is 9.94. The molecule has 0 spiro atoms. The first-order valence-corrected chi connectivity index (χ1v) is 35.9.